The van der Waals surface area contributed by atoms with Gasteiger partial charge in [-0.1, -0.05) is 115 Å². The summed E-state index contributed by atoms with van der Waals surface area (Å²) in [6.45, 7) is 1.09. The van der Waals surface area contributed by atoms with Crippen LogP contribution in [0.25, 0.3) is 16.5 Å². The number of aromatic nitrogens is 1. The zero-order valence-corrected chi connectivity index (χ0v) is 20.6. The number of rotatable bonds is 9. The van der Waals surface area contributed by atoms with Crippen LogP contribution >= 0.6 is 11.8 Å². The Balaban J connectivity index is 1.45. The van der Waals surface area contributed by atoms with Gasteiger partial charge in [0.2, 0.25) is 0 Å². The third-order valence-corrected chi connectivity index (χ3v) is 7.14. The molecule has 0 unspecified atom stereocenters. The van der Waals surface area contributed by atoms with Gasteiger partial charge in [0.15, 0.2) is 0 Å². The van der Waals surface area contributed by atoms with E-state index in [9.17, 15) is 4.79 Å². The van der Waals surface area contributed by atoms with Crippen LogP contribution in [0.3, 0.4) is 0 Å². The maximum Gasteiger partial charge on any atom is 0.266 e. The molecule has 0 saturated heterocycles. The number of benzene rings is 4. The van der Waals surface area contributed by atoms with Gasteiger partial charge in [0, 0.05) is 16.8 Å². The second-order valence-electron chi connectivity index (χ2n) is 8.36. The Labute approximate surface area is 215 Å². The van der Waals surface area contributed by atoms with Crippen molar-refractivity contribution in [1.29, 1.82) is 0 Å². The highest BCUT2D eigenvalue weighted by atomic mass is 32.2. The van der Waals surface area contributed by atoms with E-state index in [4.69, 9.17) is 5.73 Å². The van der Waals surface area contributed by atoms with Crippen molar-refractivity contribution >= 4 is 34.1 Å². The van der Waals surface area contributed by atoms with E-state index in [2.05, 4.69) is 59.9 Å². The average molecular weight is 490 g/mol. The van der Waals surface area contributed by atoms with E-state index in [1.54, 1.807) is 11.8 Å². The highest BCUT2D eigenvalue weighted by Crippen LogP contribution is 2.38. The summed E-state index contributed by atoms with van der Waals surface area (Å²) in [5, 5.41) is 4.53. The number of hydrogen-bond donors (Lipinski definition) is 2. The summed E-state index contributed by atoms with van der Waals surface area (Å²) in [5.41, 5.74) is 10.9. The van der Waals surface area contributed by atoms with Crippen LogP contribution in [0.4, 0.5) is 0 Å². The highest BCUT2D eigenvalue weighted by molar-refractivity contribution is 7.99. The molecule has 0 spiro atoms. The van der Waals surface area contributed by atoms with Crippen LogP contribution < -0.4 is 11.1 Å². The number of primary amides is 1. The van der Waals surface area contributed by atoms with E-state index in [1.807, 2.05) is 71.3 Å². The number of carbonyl (C=O) groups is 1. The fourth-order valence-electron chi connectivity index (χ4n) is 4.38. The summed E-state index contributed by atoms with van der Waals surface area (Å²) in [5.74, 6) is -0.434. The first-order valence-corrected chi connectivity index (χ1v) is 12.7. The van der Waals surface area contributed by atoms with Gasteiger partial charge in [0.25, 0.3) is 5.91 Å². The van der Waals surface area contributed by atoms with Crippen molar-refractivity contribution in [1.82, 2.24) is 9.88 Å². The van der Waals surface area contributed by atoms with Crippen LogP contribution in [0.15, 0.2) is 131 Å². The van der Waals surface area contributed by atoms with Crippen molar-refractivity contribution in [3.8, 4) is 0 Å². The lowest BCUT2D eigenvalue weighted by Gasteiger charge is -2.12. The van der Waals surface area contributed by atoms with E-state index in [0.29, 0.717) is 18.9 Å². The third-order valence-electron chi connectivity index (χ3n) is 6.01. The molecule has 5 rings (SSSR count). The standard InChI is InChI=1S/C31H27N3OS/c32-31(35)29-30(36-25-16-8-3-9-17-25)27-18-10-11-19-28(27)34(29)22-33-21-20-26(23-12-4-1-5-13-23)24-14-6-2-7-15-24/h1-20,33H,21-22H2,(H2,32,35). The van der Waals surface area contributed by atoms with Crippen LogP contribution in [0.1, 0.15) is 21.6 Å². The molecule has 0 saturated carbocycles. The molecular weight excluding hydrogens is 462 g/mol. The minimum absolute atomic E-state index is 0.434. The number of hydrogen-bond acceptors (Lipinski definition) is 3. The van der Waals surface area contributed by atoms with Crippen LogP contribution in [-0.4, -0.2) is 17.0 Å². The molecule has 36 heavy (non-hydrogen) atoms. The quantitative estimate of drug-likeness (QED) is 0.230. The summed E-state index contributed by atoms with van der Waals surface area (Å²) in [4.78, 5) is 14.6. The van der Waals surface area contributed by atoms with E-state index in [1.165, 1.54) is 0 Å². The zero-order valence-electron chi connectivity index (χ0n) is 19.8. The van der Waals surface area contributed by atoms with Crippen LogP contribution in [0, 0.1) is 0 Å². The second kappa shape index (κ2) is 11.1. The molecular formula is C31H27N3OS. The Hall–Kier alpha value is -4.06. The Bertz CT molecular complexity index is 1450. The van der Waals surface area contributed by atoms with Crippen molar-refractivity contribution in [2.24, 2.45) is 5.73 Å². The fourth-order valence-corrected chi connectivity index (χ4v) is 5.50. The molecule has 5 heteroatoms. The monoisotopic (exact) mass is 489 g/mol. The zero-order chi connectivity index (χ0) is 24.7. The molecule has 0 radical (unpaired) electrons. The molecule has 0 bridgehead atoms. The summed E-state index contributed by atoms with van der Waals surface area (Å²) in [6, 6.07) is 38.9. The van der Waals surface area contributed by atoms with Crippen molar-refractivity contribution in [3.63, 3.8) is 0 Å². The number of para-hydroxylation sites is 1. The van der Waals surface area contributed by atoms with E-state index < -0.39 is 5.91 Å². The largest absolute Gasteiger partial charge is 0.364 e. The normalized spacial score (nSPS) is 10.9. The number of nitrogens with zero attached hydrogens (tertiary/aromatic N) is 1. The van der Waals surface area contributed by atoms with Gasteiger partial charge < -0.3 is 10.3 Å². The number of fused-ring (bicyclic) bond motifs is 1. The molecule has 0 fully saturated rings. The molecule has 0 aliphatic rings. The van der Waals surface area contributed by atoms with Crippen molar-refractivity contribution in [2.75, 3.05) is 6.54 Å². The molecule has 3 N–H and O–H groups in total. The molecule has 4 nitrogen and oxygen atoms in total. The highest BCUT2D eigenvalue weighted by Gasteiger charge is 2.21. The lowest BCUT2D eigenvalue weighted by atomic mass is 9.98. The first kappa shape index (κ1) is 23.7. The van der Waals surface area contributed by atoms with Crippen molar-refractivity contribution in [3.05, 3.63) is 138 Å². The molecule has 0 aliphatic heterocycles. The van der Waals surface area contributed by atoms with E-state index in [-0.39, 0.29) is 0 Å². The lowest BCUT2D eigenvalue weighted by molar-refractivity contribution is 0.0988. The summed E-state index contributed by atoms with van der Waals surface area (Å²) in [6.07, 6.45) is 2.19. The van der Waals surface area contributed by atoms with Gasteiger partial charge >= 0.3 is 0 Å². The lowest BCUT2D eigenvalue weighted by Crippen LogP contribution is -2.24. The molecule has 0 atom stereocenters. The van der Waals surface area contributed by atoms with Gasteiger partial charge in [-0.25, -0.2) is 0 Å². The first-order chi connectivity index (χ1) is 17.7. The number of amides is 1. The minimum atomic E-state index is -0.434. The molecule has 1 amide bonds. The minimum Gasteiger partial charge on any atom is -0.364 e. The maximum atomic E-state index is 12.7. The Morgan fingerprint density at radius 2 is 1.33 bits per heavy atom. The number of nitrogens with one attached hydrogen (secondary N) is 1. The molecule has 0 aliphatic carbocycles. The van der Waals surface area contributed by atoms with Crippen molar-refractivity contribution in [2.45, 2.75) is 16.5 Å². The average Bonchev–Trinajstić information content (AvgIpc) is 3.23. The van der Waals surface area contributed by atoms with Crippen LogP contribution in [-0.2, 0) is 6.67 Å². The van der Waals surface area contributed by atoms with Gasteiger partial charge in [0.05, 0.1) is 17.1 Å². The maximum absolute atomic E-state index is 12.7. The molecule has 4 aromatic carbocycles. The van der Waals surface area contributed by atoms with Gasteiger partial charge in [-0.2, -0.15) is 0 Å². The Morgan fingerprint density at radius 1 is 0.778 bits per heavy atom. The van der Waals surface area contributed by atoms with Crippen molar-refractivity contribution < 1.29 is 4.79 Å². The predicted octanol–water partition coefficient (Wildman–Crippen LogP) is 6.57. The third kappa shape index (κ3) is 5.13. The van der Waals surface area contributed by atoms with Crippen LogP contribution in [0.2, 0.25) is 0 Å². The van der Waals surface area contributed by atoms with Gasteiger partial charge in [-0.05, 0) is 34.9 Å². The SMILES string of the molecule is NC(=O)c1c(Sc2ccccc2)c2ccccc2n1CNCC=C(c1ccccc1)c1ccccc1. The van der Waals surface area contributed by atoms with Gasteiger partial charge in [0.1, 0.15) is 5.69 Å². The van der Waals surface area contributed by atoms with E-state index in [0.717, 1.165) is 37.4 Å². The molecule has 5 aromatic rings. The number of carbonyl (C=O) groups excluding carboxylic acids is 1. The topological polar surface area (TPSA) is 60.1 Å². The summed E-state index contributed by atoms with van der Waals surface area (Å²) in [7, 11) is 0. The van der Waals surface area contributed by atoms with Crippen LogP contribution in [0.5, 0.6) is 0 Å². The molecule has 1 aromatic heterocycles. The summed E-state index contributed by atoms with van der Waals surface area (Å²) < 4.78 is 1.99. The second-order valence-corrected chi connectivity index (χ2v) is 9.45. The van der Waals surface area contributed by atoms with E-state index >= 15 is 0 Å². The first-order valence-electron chi connectivity index (χ1n) is 11.9. The number of nitrogens with two attached hydrogens (primary N) is 1. The summed E-state index contributed by atoms with van der Waals surface area (Å²) >= 11 is 1.57. The predicted molar refractivity (Wildman–Crippen MR) is 149 cm³/mol. The Kier molecular flexibility index (Phi) is 7.31. The smallest absolute Gasteiger partial charge is 0.266 e. The molecule has 178 valence electrons. The fraction of sp³-hybridized carbons (Fsp3) is 0.0645. The van der Waals surface area contributed by atoms with Gasteiger partial charge in [-0.15, -0.1) is 0 Å². The van der Waals surface area contributed by atoms with Gasteiger partial charge in [-0.3, -0.25) is 10.1 Å². The molecule has 1 heterocycles. The Morgan fingerprint density at radius 3 is 1.94 bits per heavy atom.